The predicted octanol–water partition coefficient (Wildman–Crippen LogP) is 2.75. The van der Waals surface area contributed by atoms with E-state index in [2.05, 4.69) is 0 Å². The van der Waals surface area contributed by atoms with Gasteiger partial charge in [-0.05, 0) is 19.3 Å². The Morgan fingerprint density at radius 3 is 2.44 bits per heavy atom. The molecule has 0 bridgehead atoms. The monoisotopic (exact) mass is 254 g/mol. The van der Waals surface area contributed by atoms with Crippen molar-refractivity contribution in [3.05, 3.63) is 29.8 Å². The van der Waals surface area contributed by atoms with Gasteiger partial charge in [0.25, 0.3) is 0 Å². The van der Waals surface area contributed by atoms with Gasteiger partial charge in [-0.1, -0.05) is 6.92 Å². The number of benzene rings is 1. The Kier molecular flexibility index (Phi) is 5.05. The normalized spacial score (nSPS) is 13.7. The topological polar surface area (TPSA) is 59.0 Å². The first-order chi connectivity index (χ1) is 8.49. The lowest BCUT2D eigenvalue weighted by atomic mass is 9.94. The van der Waals surface area contributed by atoms with Gasteiger partial charge >= 0.3 is 0 Å². The van der Waals surface area contributed by atoms with Crippen molar-refractivity contribution >= 4 is 0 Å². The first-order valence-corrected chi connectivity index (χ1v) is 5.78. The van der Waals surface area contributed by atoms with Crippen LogP contribution in [0.5, 0.6) is 5.75 Å². The summed E-state index contributed by atoms with van der Waals surface area (Å²) >= 11 is 0. The largest absolute Gasteiger partial charge is 0.493 e. The molecule has 0 saturated heterocycles. The van der Waals surface area contributed by atoms with Crippen LogP contribution in [0.15, 0.2) is 18.2 Å². The van der Waals surface area contributed by atoms with E-state index >= 15 is 0 Å². The molecule has 0 radical (unpaired) electrons. The molecule has 98 valence electrons. The minimum atomic E-state index is -0.851. The van der Waals surface area contributed by atoms with Crippen LogP contribution >= 0.6 is 0 Å². The van der Waals surface area contributed by atoms with Crippen LogP contribution in [-0.4, -0.2) is 12.1 Å². The van der Waals surface area contributed by atoms with Crippen molar-refractivity contribution in [2.24, 2.45) is 5.73 Å². The van der Waals surface area contributed by atoms with Gasteiger partial charge in [0.05, 0.1) is 12.7 Å². The molecule has 5 heteroatoms. The third-order valence-corrected chi connectivity index (χ3v) is 2.73. The molecule has 0 aliphatic heterocycles. The van der Waals surface area contributed by atoms with Gasteiger partial charge in [0.2, 0.25) is 0 Å². The second kappa shape index (κ2) is 6.31. The van der Waals surface area contributed by atoms with Gasteiger partial charge in [0, 0.05) is 18.2 Å². The average Bonchev–Trinajstić information content (AvgIpc) is 2.33. The molecule has 0 amide bonds. The first kappa shape index (κ1) is 14.4. The number of hydrogen-bond acceptors (Lipinski definition) is 3. The van der Waals surface area contributed by atoms with E-state index in [1.807, 2.05) is 13.0 Å². The number of rotatable bonds is 6. The van der Waals surface area contributed by atoms with Gasteiger partial charge < -0.3 is 10.5 Å². The molecule has 1 aromatic carbocycles. The van der Waals surface area contributed by atoms with Crippen LogP contribution in [0, 0.1) is 23.0 Å². The Morgan fingerprint density at radius 2 is 1.94 bits per heavy atom. The summed E-state index contributed by atoms with van der Waals surface area (Å²) in [6.07, 6.45) is 1.59. The summed E-state index contributed by atoms with van der Waals surface area (Å²) in [5, 5.41) is 8.86. The van der Waals surface area contributed by atoms with E-state index in [1.54, 1.807) is 0 Å². The van der Waals surface area contributed by atoms with Crippen LogP contribution in [-0.2, 0) is 0 Å². The molecular weight excluding hydrogens is 238 g/mol. The van der Waals surface area contributed by atoms with E-state index in [4.69, 9.17) is 15.7 Å². The highest BCUT2D eigenvalue weighted by atomic mass is 19.1. The lowest BCUT2D eigenvalue weighted by Crippen LogP contribution is -2.37. The van der Waals surface area contributed by atoms with E-state index in [-0.39, 0.29) is 12.4 Å². The summed E-state index contributed by atoms with van der Waals surface area (Å²) in [6.45, 7) is 2.11. The molecule has 3 nitrogen and oxygen atoms in total. The highest BCUT2D eigenvalue weighted by molar-refractivity contribution is 5.23. The summed E-state index contributed by atoms with van der Waals surface area (Å²) in [7, 11) is 0. The third kappa shape index (κ3) is 4.30. The lowest BCUT2D eigenvalue weighted by Gasteiger charge is -2.18. The van der Waals surface area contributed by atoms with Crippen molar-refractivity contribution in [3.63, 3.8) is 0 Å². The lowest BCUT2D eigenvalue weighted by molar-refractivity contribution is 0.289. The van der Waals surface area contributed by atoms with Crippen molar-refractivity contribution < 1.29 is 13.5 Å². The van der Waals surface area contributed by atoms with Gasteiger partial charge in [-0.15, -0.1) is 0 Å². The van der Waals surface area contributed by atoms with E-state index in [1.165, 1.54) is 0 Å². The fraction of sp³-hybridized carbons (Fsp3) is 0.462. The molecule has 0 saturated carbocycles. The maximum atomic E-state index is 12.9. The fourth-order valence-electron chi connectivity index (χ4n) is 1.50. The zero-order valence-corrected chi connectivity index (χ0v) is 10.2. The smallest absolute Gasteiger partial charge is 0.129 e. The Hall–Kier alpha value is -1.67. The Bertz CT molecular complexity index is 425. The summed E-state index contributed by atoms with van der Waals surface area (Å²) in [4.78, 5) is 0. The second-order valence-electron chi connectivity index (χ2n) is 4.18. The molecule has 0 aromatic heterocycles. The summed E-state index contributed by atoms with van der Waals surface area (Å²) in [5.41, 5.74) is 4.94. The number of nitrogens with zero attached hydrogens (tertiary/aromatic N) is 1. The van der Waals surface area contributed by atoms with Gasteiger partial charge in [-0.2, -0.15) is 5.26 Å². The van der Waals surface area contributed by atoms with E-state index in [0.29, 0.717) is 19.3 Å². The van der Waals surface area contributed by atoms with Crippen molar-refractivity contribution in [2.45, 2.75) is 31.7 Å². The summed E-state index contributed by atoms with van der Waals surface area (Å²) < 4.78 is 30.9. The molecule has 0 heterocycles. The van der Waals surface area contributed by atoms with Crippen LogP contribution in [0.4, 0.5) is 8.78 Å². The van der Waals surface area contributed by atoms with E-state index < -0.39 is 17.2 Å². The number of hydrogen-bond donors (Lipinski definition) is 1. The van der Waals surface area contributed by atoms with E-state index in [9.17, 15) is 8.78 Å². The van der Waals surface area contributed by atoms with Crippen LogP contribution in [0.25, 0.3) is 0 Å². The third-order valence-electron chi connectivity index (χ3n) is 2.73. The Balaban J connectivity index is 2.41. The maximum absolute atomic E-state index is 12.9. The first-order valence-electron chi connectivity index (χ1n) is 5.78. The average molecular weight is 254 g/mol. The zero-order chi connectivity index (χ0) is 13.6. The van der Waals surface area contributed by atoms with Gasteiger partial charge in [0.1, 0.15) is 22.9 Å². The fourth-order valence-corrected chi connectivity index (χ4v) is 1.50. The highest BCUT2D eigenvalue weighted by Crippen LogP contribution is 2.17. The van der Waals surface area contributed by atoms with Crippen LogP contribution in [0.2, 0.25) is 0 Å². The molecule has 2 N–H and O–H groups in total. The summed E-state index contributed by atoms with van der Waals surface area (Å²) in [5.74, 6) is -1.21. The van der Waals surface area contributed by atoms with Crippen molar-refractivity contribution in [2.75, 3.05) is 6.61 Å². The number of nitriles is 1. The molecular formula is C13H16F2N2O. The maximum Gasteiger partial charge on any atom is 0.129 e. The molecule has 18 heavy (non-hydrogen) atoms. The SMILES string of the molecule is CCC(N)(C#N)CCCOc1cc(F)cc(F)c1. The number of halogens is 2. The second-order valence-corrected chi connectivity index (χ2v) is 4.18. The molecule has 1 atom stereocenters. The Morgan fingerprint density at radius 1 is 1.33 bits per heavy atom. The minimum Gasteiger partial charge on any atom is -0.493 e. The molecule has 0 aliphatic carbocycles. The van der Waals surface area contributed by atoms with Crippen molar-refractivity contribution in [1.29, 1.82) is 5.26 Å². The quantitative estimate of drug-likeness (QED) is 0.794. The Labute approximate surface area is 105 Å². The standard InChI is InChI=1S/C13H16F2N2O/c1-2-13(17,9-16)4-3-5-18-12-7-10(14)6-11(15)8-12/h6-8H,2-5,17H2,1H3. The molecule has 1 aromatic rings. The predicted molar refractivity (Wildman–Crippen MR) is 63.9 cm³/mol. The van der Waals surface area contributed by atoms with Gasteiger partial charge in [0.15, 0.2) is 0 Å². The minimum absolute atomic E-state index is 0.142. The van der Waals surface area contributed by atoms with Gasteiger partial charge in [-0.25, -0.2) is 8.78 Å². The zero-order valence-electron chi connectivity index (χ0n) is 10.2. The highest BCUT2D eigenvalue weighted by Gasteiger charge is 2.21. The van der Waals surface area contributed by atoms with Gasteiger partial charge in [-0.3, -0.25) is 0 Å². The van der Waals surface area contributed by atoms with Crippen LogP contribution in [0.3, 0.4) is 0 Å². The molecule has 0 fully saturated rings. The van der Waals surface area contributed by atoms with Crippen molar-refractivity contribution in [1.82, 2.24) is 0 Å². The summed E-state index contributed by atoms with van der Waals surface area (Å²) in [6, 6.07) is 5.06. The molecule has 1 unspecified atom stereocenters. The van der Waals surface area contributed by atoms with Crippen LogP contribution < -0.4 is 10.5 Å². The molecule has 0 aliphatic rings. The van der Waals surface area contributed by atoms with E-state index in [0.717, 1.165) is 18.2 Å². The number of nitrogens with two attached hydrogens (primary N) is 1. The number of ether oxygens (including phenoxy) is 1. The molecule has 0 spiro atoms. The van der Waals surface area contributed by atoms with Crippen LogP contribution in [0.1, 0.15) is 26.2 Å². The molecule has 1 rings (SSSR count). The van der Waals surface area contributed by atoms with Crippen molar-refractivity contribution in [3.8, 4) is 11.8 Å².